The van der Waals surface area contributed by atoms with E-state index in [1.54, 1.807) is 0 Å². The van der Waals surface area contributed by atoms with E-state index in [1.165, 1.54) is 88.5 Å². The Morgan fingerprint density at radius 3 is 2.34 bits per heavy atom. The summed E-state index contributed by atoms with van der Waals surface area (Å²) in [7, 11) is 0. The van der Waals surface area contributed by atoms with Crippen molar-refractivity contribution in [2.75, 3.05) is 4.90 Å². The molecule has 0 bridgehead atoms. The molecule has 5 aliphatic carbocycles. The van der Waals surface area contributed by atoms with Gasteiger partial charge in [0.25, 0.3) is 0 Å². The first-order valence-corrected chi connectivity index (χ1v) is 25.4. The molecule has 5 nitrogen and oxygen atoms in total. The van der Waals surface area contributed by atoms with E-state index in [2.05, 4.69) is 215 Å². The second-order valence-corrected chi connectivity index (χ2v) is 20.1. The highest BCUT2D eigenvalue weighted by Crippen LogP contribution is 2.58. The lowest BCUT2D eigenvalue weighted by Gasteiger charge is -2.42. The number of hydrogen-bond acceptors (Lipinski definition) is 4. The maximum atomic E-state index is 5.60. The zero-order chi connectivity index (χ0) is 45.9. The van der Waals surface area contributed by atoms with Gasteiger partial charge in [0, 0.05) is 61.8 Å². The molecule has 5 atom stereocenters. The minimum Gasteiger partial charge on any atom is -0.348 e. The van der Waals surface area contributed by atoms with Gasteiger partial charge in [0.2, 0.25) is 0 Å². The highest BCUT2D eigenvalue weighted by atomic mass is 15.2. The molecule has 3 heterocycles. The Labute approximate surface area is 408 Å². The number of amidine groups is 2. The smallest absolute Gasteiger partial charge is 0.159 e. The zero-order valence-corrected chi connectivity index (χ0v) is 39.0. The Balaban J connectivity index is 0.907. The molecule has 0 radical (unpaired) electrons. The van der Waals surface area contributed by atoms with Crippen LogP contribution >= 0.6 is 0 Å². The van der Waals surface area contributed by atoms with Crippen molar-refractivity contribution in [1.82, 2.24) is 9.88 Å². The molecule has 5 heteroatoms. The molecule has 5 unspecified atom stereocenters. The van der Waals surface area contributed by atoms with Crippen molar-refractivity contribution in [3.05, 3.63) is 251 Å². The van der Waals surface area contributed by atoms with Crippen LogP contribution in [0, 0.1) is 11.8 Å². The predicted octanol–water partition coefficient (Wildman–Crippen LogP) is 15.5. The molecule has 336 valence electrons. The topological polar surface area (TPSA) is 44.9 Å². The van der Waals surface area contributed by atoms with Gasteiger partial charge >= 0.3 is 0 Å². The number of hydrogen-bond donors (Lipinski definition) is 1. The fourth-order valence-corrected chi connectivity index (χ4v) is 13.5. The predicted molar refractivity (Wildman–Crippen MR) is 290 cm³/mol. The number of rotatable bonds is 5. The van der Waals surface area contributed by atoms with Gasteiger partial charge < -0.3 is 14.8 Å². The van der Waals surface area contributed by atoms with Crippen LogP contribution in [-0.4, -0.2) is 16.2 Å². The molecule has 7 aromatic carbocycles. The summed E-state index contributed by atoms with van der Waals surface area (Å²) in [6, 6.07) is 56.4. The third-order valence-electron chi connectivity index (χ3n) is 16.5. The Kier molecular flexibility index (Phi) is 8.99. The van der Waals surface area contributed by atoms with Crippen molar-refractivity contribution in [2.24, 2.45) is 21.8 Å². The quantitative estimate of drug-likeness (QED) is 0.187. The van der Waals surface area contributed by atoms with Crippen molar-refractivity contribution in [1.29, 1.82) is 0 Å². The van der Waals surface area contributed by atoms with E-state index >= 15 is 0 Å². The Hall–Kier alpha value is -8.02. The summed E-state index contributed by atoms with van der Waals surface area (Å²) < 4.78 is 2.78. The monoisotopic (exact) mass is 901 g/mol. The average molecular weight is 902 g/mol. The van der Waals surface area contributed by atoms with Crippen molar-refractivity contribution in [3.8, 4) is 0 Å². The van der Waals surface area contributed by atoms with Gasteiger partial charge in [0.1, 0.15) is 12.0 Å². The van der Waals surface area contributed by atoms with Crippen molar-refractivity contribution < 1.29 is 0 Å². The largest absolute Gasteiger partial charge is 0.348 e. The van der Waals surface area contributed by atoms with Crippen LogP contribution in [0.1, 0.15) is 78.9 Å². The molecule has 8 aromatic rings. The fourth-order valence-electron chi connectivity index (χ4n) is 13.5. The number of nitrogens with zero attached hydrogens (tertiary/aromatic N) is 4. The van der Waals surface area contributed by atoms with Gasteiger partial charge in [-0.1, -0.05) is 176 Å². The van der Waals surface area contributed by atoms with E-state index < -0.39 is 0 Å². The molecule has 70 heavy (non-hydrogen) atoms. The molecule has 1 N–H and O–H groups in total. The number of fused-ring (bicyclic) bond motifs is 11. The maximum Gasteiger partial charge on any atom is 0.159 e. The average Bonchev–Trinajstić information content (AvgIpc) is 3.95. The number of aliphatic imine (C=N–C) groups is 2. The number of benzene rings is 7. The Morgan fingerprint density at radius 2 is 1.41 bits per heavy atom. The number of allylic oxidation sites excluding steroid dienone is 13. The van der Waals surface area contributed by atoms with Crippen LogP contribution in [0.5, 0.6) is 0 Å². The van der Waals surface area contributed by atoms with Gasteiger partial charge in [-0.25, -0.2) is 9.98 Å². The lowest BCUT2D eigenvalue weighted by atomic mass is 9.71. The first-order chi connectivity index (χ1) is 34.7. The van der Waals surface area contributed by atoms with E-state index in [0.717, 1.165) is 66.7 Å². The van der Waals surface area contributed by atoms with Gasteiger partial charge in [-0.05, 0) is 113 Å². The van der Waals surface area contributed by atoms with Gasteiger partial charge in [-0.2, -0.15) is 0 Å². The molecule has 0 saturated heterocycles. The van der Waals surface area contributed by atoms with Gasteiger partial charge in [-0.3, -0.25) is 0 Å². The summed E-state index contributed by atoms with van der Waals surface area (Å²) in [4.78, 5) is 13.8. The zero-order valence-electron chi connectivity index (χ0n) is 39.0. The van der Waals surface area contributed by atoms with E-state index in [-0.39, 0.29) is 24.0 Å². The van der Waals surface area contributed by atoms with Gasteiger partial charge in [0.15, 0.2) is 5.84 Å². The fraction of sp³-hybridized carbons (Fsp3) is 0.169. The molecule has 0 fully saturated rings. The summed E-state index contributed by atoms with van der Waals surface area (Å²) in [5.41, 5.74) is 17.4. The minimum absolute atomic E-state index is 0.0812. The van der Waals surface area contributed by atoms with Crippen LogP contribution in [-0.2, 0) is 0 Å². The summed E-state index contributed by atoms with van der Waals surface area (Å²) in [6.07, 6.45) is 25.1. The minimum atomic E-state index is -0.277. The second kappa shape index (κ2) is 15.8. The summed E-state index contributed by atoms with van der Waals surface area (Å²) in [6.45, 7) is 0. The van der Waals surface area contributed by atoms with E-state index in [4.69, 9.17) is 9.98 Å². The lowest BCUT2D eigenvalue weighted by Crippen LogP contribution is -2.38. The molecule has 7 aliphatic rings. The molecule has 0 spiro atoms. The van der Waals surface area contributed by atoms with Crippen LogP contribution in [0.15, 0.2) is 238 Å². The third-order valence-corrected chi connectivity index (χ3v) is 16.5. The molecule has 2 aliphatic heterocycles. The SMILES string of the molecule is C1=CCC2C(=C1)C=C1C(C3=C(CCC=C3)N1c1ccc(C3=NC(c4ccccc4)NC(C4CC5=C(CCC=C5)c5ccccc54)=N3)c3ccccc13)C2n1c2ccccc2c2ccc3ccccc3c21. The summed E-state index contributed by atoms with van der Waals surface area (Å²) in [5, 5.41) is 11.5. The van der Waals surface area contributed by atoms with Crippen molar-refractivity contribution in [3.63, 3.8) is 0 Å². The van der Waals surface area contributed by atoms with Crippen molar-refractivity contribution >= 4 is 66.3 Å². The van der Waals surface area contributed by atoms with Crippen LogP contribution in [0.25, 0.3) is 48.9 Å². The van der Waals surface area contributed by atoms with E-state index in [0.29, 0.717) is 5.92 Å². The Morgan fingerprint density at radius 1 is 0.629 bits per heavy atom. The standard InChI is InChI=1S/C65H51N5/c1-2-19-41(20-3-1)63-66-64(68-65(67-63)55-38-42-21-5-7-23-44(42)47-26-10-11-27-48(47)55)53-36-37-58(50-29-13-12-28-49(50)53)69-57-33-17-15-31-54(57)60-59(69)39-43-22-6-9-25-46(43)62(60)70-56-32-16-14-30-51(56)52-35-34-40-18-4-8-24-45(40)61(52)70/h1-6,8-16,18-22,24,26-32,34-37,39,46,55,60,62-63H,7,17,23,25,33,38H2,(H,66,67,68). The van der Waals surface area contributed by atoms with Crippen LogP contribution in [0.3, 0.4) is 0 Å². The summed E-state index contributed by atoms with van der Waals surface area (Å²) in [5.74, 6) is 2.31. The number of anilines is 1. The second-order valence-electron chi connectivity index (χ2n) is 20.1. The summed E-state index contributed by atoms with van der Waals surface area (Å²) >= 11 is 0. The van der Waals surface area contributed by atoms with Crippen LogP contribution < -0.4 is 10.2 Å². The van der Waals surface area contributed by atoms with Crippen LogP contribution in [0.2, 0.25) is 0 Å². The first-order valence-electron chi connectivity index (χ1n) is 25.4. The van der Waals surface area contributed by atoms with Gasteiger partial charge in [0.05, 0.1) is 17.2 Å². The third kappa shape index (κ3) is 5.97. The molecule has 1 aromatic heterocycles. The van der Waals surface area contributed by atoms with Crippen molar-refractivity contribution in [2.45, 2.75) is 56.7 Å². The lowest BCUT2D eigenvalue weighted by molar-refractivity contribution is 0.320. The highest BCUT2D eigenvalue weighted by molar-refractivity contribution is 6.19. The first kappa shape index (κ1) is 39.9. The number of aromatic nitrogens is 1. The number of para-hydroxylation sites is 1. The molecule has 15 rings (SSSR count). The molecular formula is C65H51N5. The Bertz CT molecular complexity index is 3850. The van der Waals surface area contributed by atoms with E-state index in [9.17, 15) is 0 Å². The maximum absolute atomic E-state index is 5.60. The number of nitrogens with one attached hydrogen (secondary N) is 1. The van der Waals surface area contributed by atoms with Gasteiger partial charge in [-0.15, -0.1) is 0 Å². The molecule has 0 saturated carbocycles. The van der Waals surface area contributed by atoms with Crippen LogP contribution in [0.4, 0.5) is 5.69 Å². The van der Waals surface area contributed by atoms with E-state index in [1.807, 2.05) is 0 Å². The highest BCUT2D eigenvalue weighted by Gasteiger charge is 2.49. The molecular weight excluding hydrogens is 851 g/mol. The normalized spacial score (nSPS) is 23.4. The molecule has 0 amide bonds.